The molecule has 3 N–H and O–H groups in total. The van der Waals surface area contributed by atoms with E-state index in [0.717, 1.165) is 6.08 Å². The number of benzene rings is 2. The molecule has 186 valence electrons. The van der Waals surface area contributed by atoms with E-state index in [2.05, 4.69) is 5.32 Å². The van der Waals surface area contributed by atoms with Crippen molar-refractivity contribution in [2.75, 3.05) is 17.6 Å². The number of hydrogen-bond acceptors (Lipinski definition) is 6. The summed E-state index contributed by atoms with van der Waals surface area (Å²) in [5.41, 5.74) is 5.33. The number of sulfone groups is 1. The average Bonchev–Trinajstić information content (AvgIpc) is 2.73. The van der Waals surface area contributed by atoms with Crippen LogP contribution >= 0.6 is 0 Å². The van der Waals surface area contributed by atoms with Crippen LogP contribution in [0, 0.1) is 0 Å². The SMILES string of the molecule is CC(C)N(C(C)C)S(=O)(=O)c1ccc(NC(=O)c2ccccc2S(=O)(=O)C/C(F)=C/CN)cc1. The summed E-state index contributed by atoms with van der Waals surface area (Å²) in [6.07, 6.45) is 0.954. The summed E-state index contributed by atoms with van der Waals surface area (Å²) in [6.45, 7) is 7.00. The average molecular weight is 512 g/mol. The lowest BCUT2D eigenvalue weighted by Gasteiger charge is -2.29. The Morgan fingerprint density at radius 3 is 2.09 bits per heavy atom. The van der Waals surface area contributed by atoms with Crippen molar-refractivity contribution in [3.63, 3.8) is 0 Å². The molecule has 2 rings (SSSR count). The summed E-state index contributed by atoms with van der Waals surface area (Å²) in [4.78, 5) is 12.6. The van der Waals surface area contributed by atoms with Gasteiger partial charge in [0.05, 0.1) is 15.4 Å². The van der Waals surface area contributed by atoms with Crippen LogP contribution in [0.3, 0.4) is 0 Å². The highest BCUT2D eigenvalue weighted by atomic mass is 32.2. The summed E-state index contributed by atoms with van der Waals surface area (Å²) < 4.78 is 66.5. The number of rotatable bonds is 10. The molecule has 0 saturated heterocycles. The maximum absolute atomic E-state index is 13.8. The highest BCUT2D eigenvalue weighted by molar-refractivity contribution is 7.91. The molecule has 8 nitrogen and oxygen atoms in total. The molecule has 0 radical (unpaired) electrons. The number of carbonyl (C=O) groups is 1. The van der Waals surface area contributed by atoms with Crippen LogP contribution in [-0.2, 0) is 19.9 Å². The standard InChI is InChI=1S/C23H30FN3O5S2/c1-16(2)27(17(3)4)34(31,32)20-11-9-19(10-12-20)26-23(28)21-7-5-6-8-22(21)33(29,30)15-18(24)13-14-25/h5-13,16-17H,14-15,25H2,1-4H3,(H,26,28)/b18-13-. The molecule has 0 aliphatic carbocycles. The zero-order valence-corrected chi connectivity index (χ0v) is 21.2. The summed E-state index contributed by atoms with van der Waals surface area (Å²) in [7, 11) is -7.89. The molecule has 0 spiro atoms. The smallest absolute Gasteiger partial charge is 0.256 e. The monoisotopic (exact) mass is 511 g/mol. The molecule has 11 heteroatoms. The van der Waals surface area contributed by atoms with Crippen LogP contribution in [-0.4, -0.2) is 51.4 Å². The minimum Gasteiger partial charge on any atom is -0.327 e. The molecule has 1 amide bonds. The Hall–Kier alpha value is -2.60. The highest BCUT2D eigenvalue weighted by Gasteiger charge is 2.29. The van der Waals surface area contributed by atoms with E-state index in [1.54, 1.807) is 27.7 Å². The van der Waals surface area contributed by atoms with E-state index in [1.165, 1.54) is 52.8 Å². The van der Waals surface area contributed by atoms with Crippen LogP contribution in [0.4, 0.5) is 10.1 Å². The molecule has 0 unspecified atom stereocenters. The lowest BCUT2D eigenvalue weighted by atomic mass is 10.2. The highest BCUT2D eigenvalue weighted by Crippen LogP contribution is 2.24. The first-order valence-corrected chi connectivity index (χ1v) is 13.7. The Bertz CT molecular complexity index is 1250. The van der Waals surface area contributed by atoms with Crippen LogP contribution in [0.5, 0.6) is 0 Å². The fourth-order valence-electron chi connectivity index (χ4n) is 3.55. The second-order valence-electron chi connectivity index (χ2n) is 8.14. The van der Waals surface area contributed by atoms with Gasteiger partial charge in [0.25, 0.3) is 5.91 Å². The summed E-state index contributed by atoms with van der Waals surface area (Å²) in [5.74, 6) is -2.56. The second-order valence-corrected chi connectivity index (χ2v) is 11.9. The number of sulfonamides is 1. The van der Waals surface area contributed by atoms with Gasteiger partial charge in [-0.15, -0.1) is 0 Å². The van der Waals surface area contributed by atoms with Crippen LogP contribution in [0.1, 0.15) is 38.1 Å². The van der Waals surface area contributed by atoms with E-state index >= 15 is 0 Å². The largest absolute Gasteiger partial charge is 0.327 e. The van der Waals surface area contributed by atoms with Gasteiger partial charge >= 0.3 is 0 Å². The molecule has 34 heavy (non-hydrogen) atoms. The van der Waals surface area contributed by atoms with Gasteiger partial charge in [-0.2, -0.15) is 4.31 Å². The van der Waals surface area contributed by atoms with Crippen molar-refractivity contribution in [3.05, 3.63) is 66.0 Å². The third kappa shape index (κ3) is 6.50. The molecular formula is C23H30FN3O5S2. The predicted octanol–water partition coefficient (Wildman–Crippen LogP) is 3.33. The van der Waals surface area contributed by atoms with E-state index in [0.29, 0.717) is 0 Å². The molecule has 2 aromatic carbocycles. The normalized spacial score (nSPS) is 13.0. The first kappa shape index (κ1) is 27.6. The maximum atomic E-state index is 13.8. The Labute approximate surface area is 200 Å². The quantitative estimate of drug-likeness (QED) is 0.504. The van der Waals surface area contributed by atoms with Gasteiger partial charge in [-0.05, 0) is 70.2 Å². The second kappa shape index (κ2) is 11.2. The first-order chi connectivity index (χ1) is 15.8. The van der Waals surface area contributed by atoms with Crippen molar-refractivity contribution in [1.29, 1.82) is 0 Å². The Morgan fingerprint density at radius 2 is 1.56 bits per heavy atom. The minimum atomic E-state index is -4.15. The number of halogens is 1. The first-order valence-electron chi connectivity index (χ1n) is 10.6. The Kier molecular flexibility index (Phi) is 9.12. The fourth-order valence-corrected chi connectivity index (χ4v) is 6.80. The summed E-state index contributed by atoms with van der Waals surface area (Å²) in [5, 5.41) is 2.56. The van der Waals surface area contributed by atoms with Crippen molar-refractivity contribution in [1.82, 2.24) is 4.31 Å². The predicted molar refractivity (Wildman–Crippen MR) is 130 cm³/mol. The van der Waals surface area contributed by atoms with Crippen molar-refractivity contribution in [2.45, 2.75) is 49.6 Å². The number of nitrogens with two attached hydrogens (primary N) is 1. The van der Waals surface area contributed by atoms with Gasteiger partial charge in [-0.25, -0.2) is 21.2 Å². The third-order valence-corrected chi connectivity index (χ3v) is 8.79. The van der Waals surface area contributed by atoms with E-state index in [-0.39, 0.29) is 39.7 Å². The van der Waals surface area contributed by atoms with Gasteiger partial charge in [0.2, 0.25) is 10.0 Å². The molecule has 0 bridgehead atoms. The lowest BCUT2D eigenvalue weighted by molar-refractivity contribution is 0.102. The molecule has 0 fully saturated rings. The molecule has 0 aliphatic rings. The third-order valence-electron chi connectivity index (χ3n) is 4.84. The Balaban J connectivity index is 2.31. The minimum absolute atomic E-state index is 0.0676. The number of anilines is 1. The van der Waals surface area contributed by atoms with Crippen LogP contribution in [0.2, 0.25) is 0 Å². The maximum Gasteiger partial charge on any atom is 0.256 e. The van der Waals surface area contributed by atoms with E-state index < -0.39 is 37.3 Å². The number of carbonyl (C=O) groups excluding carboxylic acids is 1. The molecular weight excluding hydrogens is 481 g/mol. The van der Waals surface area contributed by atoms with Gasteiger partial charge in [0.15, 0.2) is 9.84 Å². The number of nitrogens with zero attached hydrogens (tertiary/aromatic N) is 1. The topological polar surface area (TPSA) is 127 Å². The Morgan fingerprint density at radius 1 is 1.00 bits per heavy atom. The van der Waals surface area contributed by atoms with Crippen molar-refractivity contribution < 1.29 is 26.0 Å². The van der Waals surface area contributed by atoms with Crippen LogP contribution < -0.4 is 11.1 Å². The molecule has 0 saturated carbocycles. The van der Waals surface area contributed by atoms with Crippen LogP contribution in [0.15, 0.2) is 70.2 Å². The van der Waals surface area contributed by atoms with Gasteiger partial charge in [-0.1, -0.05) is 12.1 Å². The lowest BCUT2D eigenvalue weighted by Crippen LogP contribution is -2.41. The number of amides is 1. The van der Waals surface area contributed by atoms with Gasteiger partial charge in [0, 0.05) is 24.3 Å². The van der Waals surface area contributed by atoms with Crippen molar-refractivity contribution >= 4 is 31.5 Å². The van der Waals surface area contributed by atoms with Gasteiger partial charge < -0.3 is 11.1 Å². The number of hydrogen-bond donors (Lipinski definition) is 2. The van der Waals surface area contributed by atoms with Gasteiger partial charge in [-0.3, -0.25) is 4.79 Å². The van der Waals surface area contributed by atoms with E-state index in [4.69, 9.17) is 5.73 Å². The zero-order valence-electron chi connectivity index (χ0n) is 19.5. The van der Waals surface area contributed by atoms with Crippen molar-refractivity contribution in [2.24, 2.45) is 5.73 Å². The van der Waals surface area contributed by atoms with E-state index in [9.17, 15) is 26.0 Å². The molecule has 0 atom stereocenters. The van der Waals surface area contributed by atoms with Crippen molar-refractivity contribution in [3.8, 4) is 0 Å². The molecule has 2 aromatic rings. The molecule has 0 aliphatic heterocycles. The van der Waals surface area contributed by atoms with Crippen LogP contribution in [0.25, 0.3) is 0 Å². The zero-order chi connectivity index (χ0) is 25.7. The number of nitrogens with one attached hydrogen (secondary N) is 1. The molecule has 0 heterocycles. The molecule has 0 aromatic heterocycles. The van der Waals surface area contributed by atoms with E-state index in [1.807, 2.05) is 0 Å². The fraction of sp³-hybridized carbons (Fsp3) is 0.348. The van der Waals surface area contributed by atoms with Gasteiger partial charge in [0.1, 0.15) is 11.6 Å². The summed E-state index contributed by atoms with van der Waals surface area (Å²) >= 11 is 0. The summed E-state index contributed by atoms with van der Waals surface area (Å²) in [6, 6.07) is 10.6.